The molecule has 1 N–H and O–H groups in total. The topological polar surface area (TPSA) is 73.2 Å². The number of aromatic nitrogens is 2. The monoisotopic (exact) mass is 335 g/mol. The van der Waals surface area contributed by atoms with Crippen LogP contribution in [-0.2, 0) is 11.3 Å². The van der Waals surface area contributed by atoms with E-state index in [1.54, 1.807) is 25.3 Å². The van der Waals surface area contributed by atoms with Gasteiger partial charge in [0.15, 0.2) is 0 Å². The van der Waals surface area contributed by atoms with Gasteiger partial charge in [-0.15, -0.1) is 0 Å². The van der Waals surface area contributed by atoms with E-state index in [0.717, 1.165) is 16.0 Å². The van der Waals surface area contributed by atoms with Gasteiger partial charge in [0, 0.05) is 17.3 Å². The number of carbonyl (C=O) groups excluding carboxylic acids is 1. The molecule has 6 heteroatoms. The van der Waals surface area contributed by atoms with Crippen LogP contribution >= 0.6 is 0 Å². The molecule has 3 aromatic rings. The Balaban J connectivity index is 1.79. The number of hydrogen-bond acceptors (Lipinski definition) is 4. The van der Waals surface area contributed by atoms with Gasteiger partial charge in [0.1, 0.15) is 12.3 Å². The Labute approximate surface area is 144 Å². The minimum Gasteiger partial charge on any atom is -0.497 e. The number of methoxy groups -OCH3 is 1. The van der Waals surface area contributed by atoms with Crippen molar-refractivity contribution in [2.75, 3.05) is 12.4 Å². The molecule has 0 radical (unpaired) electrons. The second-order valence-electron chi connectivity index (χ2n) is 5.36. The highest BCUT2D eigenvalue weighted by Crippen LogP contribution is 2.19. The van der Waals surface area contributed by atoms with E-state index in [2.05, 4.69) is 10.4 Å². The van der Waals surface area contributed by atoms with Crippen molar-refractivity contribution in [3.8, 4) is 17.0 Å². The van der Waals surface area contributed by atoms with E-state index in [1.807, 2.05) is 42.5 Å². The van der Waals surface area contributed by atoms with Crippen LogP contribution in [0.5, 0.6) is 5.75 Å². The summed E-state index contributed by atoms with van der Waals surface area (Å²) in [7, 11) is 1.60. The largest absolute Gasteiger partial charge is 0.497 e. The summed E-state index contributed by atoms with van der Waals surface area (Å²) in [6.45, 7) is -0.155. The fraction of sp³-hybridized carbons (Fsp3) is 0.105. The van der Waals surface area contributed by atoms with Gasteiger partial charge < -0.3 is 10.1 Å². The smallest absolute Gasteiger partial charge is 0.267 e. The van der Waals surface area contributed by atoms with Gasteiger partial charge in [-0.25, -0.2) is 4.68 Å². The molecule has 6 nitrogen and oxygen atoms in total. The molecule has 2 aromatic carbocycles. The third kappa shape index (κ3) is 4.11. The van der Waals surface area contributed by atoms with Crippen LogP contribution < -0.4 is 15.6 Å². The predicted molar refractivity (Wildman–Crippen MR) is 95.6 cm³/mol. The average Bonchev–Trinajstić information content (AvgIpc) is 2.64. The summed E-state index contributed by atoms with van der Waals surface area (Å²) in [6.07, 6.45) is 0. The van der Waals surface area contributed by atoms with Crippen LogP contribution in [0.4, 0.5) is 5.69 Å². The zero-order chi connectivity index (χ0) is 17.6. The van der Waals surface area contributed by atoms with Crippen LogP contribution in [0, 0.1) is 0 Å². The van der Waals surface area contributed by atoms with E-state index in [4.69, 9.17) is 4.74 Å². The van der Waals surface area contributed by atoms with Crippen LogP contribution in [0.15, 0.2) is 71.5 Å². The number of rotatable bonds is 5. The molecule has 0 aliphatic heterocycles. The SMILES string of the molecule is COc1ccc(-c2ccc(=O)n(CC(=O)Nc3ccccc3)n2)cc1. The molecule has 1 heterocycles. The number of nitrogens with one attached hydrogen (secondary N) is 1. The van der Waals surface area contributed by atoms with Crippen LogP contribution in [-0.4, -0.2) is 22.8 Å². The van der Waals surface area contributed by atoms with Gasteiger partial charge in [-0.3, -0.25) is 9.59 Å². The fourth-order valence-electron chi connectivity index (χ4n) is 2.34. The van der Waals surface area contributed by atoms with Gasteiger partial charge >= 0.3 is 0 Å². The van der Waals surface area contributed by atoms with Crippen molar-refractivity contribution in [1.29, 1.82) is 0 Å². The summed E-state index contributed by atoms with van der Waals surface area (Å²) in [5.41, 5.74) is 1.78. The first-order valence-electron chi connectivity index (χ1n) is 7.73. The summed E-state index contributed by atoms with van der Waals surface area (Å²) in [6, 6.07) is 19.4. The molecule has 0 aliphatic carbocycles. The van der Waals surface area contributed by atoms with Crippen molar-refractivity contribution >= 4 is 11.6 Å². The third-order valence-electron chi connectivity index (χ3n) is 3.60. The van der Waals surface area contributed by atoms with E-state index in [-0.39, 0.29) is 18.0 Å². The molecule has 0 aliphatic rings. The lowest BCUT2D eigenvalue weighted by Gasteiger charge is -2.08. The molecule has 0 bridgehead atoms. The molecule has 25 heavy (non-hydrogen) atoms. The minimum atomic E-state index is -0.333. The summed E-state index contributed by atoms with van der Waals surface area (Å²) in [5, 5.41) is 7.02. The molecular formula is C19H17N3O3. The molecule has 0 unspecified atom stereocenters. The number of carbonyl (C=O) groups is 1. The maximum atomic E-state index is 12.1. The van der Waals surface area contributed by atoms with Crippen molar-refractivity contribution in [2.24, 2.45) is 0 Å². The lowest BCUT2D eigenvalue weighted by atomic mass is 10.1. The first kappa shape index (κ1) is 16.4. The molecule has 1 amide bonds. The van der Waals surface area contributed by atoms with E-state index in [0.29, 0.717) is 11.4 Å². The van der Waals surface area contributed by atoms with Gasteiger partial charge in [0.2, 0.25) is 5.91 Å². The van der Waals surface area contributed by atoms with Gasteiger partial charge in [-0.05, 0) is 42.5 Å². The van der Waals surface area contributed by atoms with Crippen molar-refractivity contribution in [3.63, 3.8) is 0 Å². The van der Waals surface area contributed by atoms with E-state index in [1.165, 1.54) is 6.07 Å². The lowest BCUT2D eigenvalue weighted by Crippen LogP contribution is -2.29. The Kier molecular flexibility index (Phi) is 4.89. The summed E-state index contributed by atoms with van der Waals surface area (Å²) < 4.78 is 6.28. The number of hydrogen-bond donors (Lipinski definition) is 1. The van der Waals surface area contributed by atoms with Gasteiger partial charge in [0.05, 0.1) is 12.8 Å². The number of benzene rings is 2. The second kappa shape index (κ2) is 7.44. The van der Waals surface area contributed by atoms with Gasteiger partial charge in [-0.1, -0.05) is 18.2 Å². The number of para-hydroxylation sites is 1. The van der Waals surface area contributed by atoms with Crippen LogP contribution in [0.2, 0.25) is 0 Å². The predicted octanol–water partition coefficient (Wildman–Crippen LogP) is 2.56. The fourth-order valence-corrected chi connectivity index (χ4v) is 2.34. The maximum Gasteiger partial charge on any atom is 0.267 e. The Bertz CT molecular complexity index is 919. The maximum absolute atomic E-state index is 12.1. The quantitative estimate of drug-likeness (QED) is 0.778. The number of nitrogens with zero attached hydrogens (tertiary/aromatic N) is 2. The minimum absolute atomic E-state index is 0.155. The zero-order valence-electron chi connectivity index (χ0n) is 13.7. The summed E-state index contributed by atoms with van der Waals surface area (Å²) in [4.78, 5) is 24.1. The molecule has 126 valence electrons. The first-order chi connectivity index (χ1) is 12.2. The van der Waals surface area contributed by atoms with Crippen molar-refractivity contribution in [2.45, 2.75) is 6.54 Å². The molecule has 0 saturated carbocycles. The van der Waals surface area contributed by atoms with Gasteiger partial charge in [-0.2, -0.15) is 5.10 Å². The van der Waals surface area contributed by atoms with Crippen LogP contribution in [0.3, 0.4) is 0 Å². The van der Waals surface area contributed by atoms with E-state index >= 15 is 0 Å². The average molecular weight is 335 g/mol. The molecule has 0 atom stereocenters. The number of anilines is 1. The Hall–Kier alpha value is -3.41. The summed E-state index contributed by atoms with van der Waals surface area (Å²) >= 11 is 0. The van der Waals surface area contributed by atoms with E-state index < -0.39 is 0 Å². The van der Waals surface area contributed by atoms with Crippen LogP contribution in [0.1, 0.15) is 0 Å². The molecular weight excluding hydrogens is 318 g/mol. The van der Waals surface area contributed by atoms with E-state index in [9.17, 15) is 9.59 Å². The highest BCUT2D eigenvalue weighted by molar-refractivity contribution is 5.90. The molecule has 3 rings (SSSR count). The first-order valence-corrected chi connectivity index (χ1v) is 7.73. The molecule has 0 saturated heterocycles. The molecule has 0 spiro atoms. The summed E-state index contributed by atoms with van der Waals surface area (Å²) in [5.74, 6) is 0.423. The molecule has 0 fully saturated rings. The third-order valence-corrected chi connectivity index (χ3v) is 3.60. The Morgan fingerprint density at radius 2 is 1.76 bits per heavy atom. The van der Waals surface area contributed by atoms with Crippen LogP contribution in [0.25, 0.3) is 11.3 Å². The normalized spacial score (nSPS) is 10.3. The number of amides is 1. The standard InChI is InChI=1S/C19H17N3O3/c1-25-16-9-7-14(8-10-16)17-11-12-19(24)22(21-17)13-18(23)20-15-5-3-2-4-6-15/h2-12H,13H2,1H3,(H,20,23). The lowest BCUT2D eigenvalue weighted by molar-refractivity contribution is -0.117. The zero-order valence-corrected chi connectivity index (χ0v) is 13.7. The van der Waals surface area contributed by atoms with Crippen molar-refractivity contribution < 1.29 is 9.53 Å². The second-order valence-corrected chi connectivity index (χ2v) is 5.36. The highest BCUT2D eigenvalue weighted by Gasteiger charge is 2.08. The van der Waals surface area contributed by atoms with Crippen molar-refractivity contribution in [3.05, 3.63) is 77.1 Å². The Morgan fingerprint density at radius 3 is 2.44 bits per heavy atom. The molecule has 1 aromatic heterocycles. The van der Waals surface area contributed by atoms with Crippen molar-refractivity contribution in [1.82, 2.24) is 9.78 Å². The van der Waals surface area contributed by atoms with Gasteiger partial charge in [0.25, 0.3) is 5.56 Å². The number of ether oxygens (including phenoxy) is 1. The highest BCUT2D eigenvalue weighted by atomic mass is 16.5. The Morgan fingerprint density at radius 1 is 1.04 bits per heavy atom.